The van der Waals surface area contributed by atoms with Crippen LogP contribution in [0, 0.1) is 0 Å². The highest BCUT2D eigenvalue weighted by Gasteiger charge is 2.24. The molecule has 0 fully saturated rings. The molecule has 8 heteroatoms. The number of benzene rings is 2. The zero-order valence-corrected chi connectivity index (χ0v) is 16.2. The number of anilines is 1. The maximum Gasteiger partial charge on any atom is 0.250 e. The lowest BCUT2D eigenvalue weighted by molar-refractivity contribution is 0.100. The number of ether oxygens (including phenoxy) is 1. The Labute approximate surface area is 170 Å². The molecule has 0 saturated heterocycles. The van der Waals surface area contributed by atoms with Crippen LogP contribution in [0.3, 0.4) is 0 Å². The summed E-state index contributed by atoms with van der Waals surface area (Å²) in [5.74, 6) is 1.38. The standard InChI is InChI=1S/C21H17N5O2S/c22-18(27)14-8-4-7-13-16(14)26-29-17(13)20-24-19(15-9-10-28-21(15)25-20)23-11-12-5-2-1-3-6-12/h1-8H,9-11H2,(H2,22,27)(H,23,24,25). The fourth-order valence-corrected chi connectivity index (χ4v) is 4.23. The molecule has 29 heavy (non-hydrogen) atoms. The molecule has 0 spiro atoms. The molecule has 1 aliphatic rings. The van der Waals surface area contributed by atoms with Gasteiger partial charge in [-0.15, -0.1) is 0 Å². The van der Waals surface area contributed by atoms with Gasteiger partial charge in [0.15, 0.2) is 5.82 Å². The number of hydrogen-bond donors (Lipinski definition) is 2. The lowest BCUT2D eigenvalue weighted by Crippen LogP contribution is -2.11. The number of nitrogens with one attached hydrogen (secondary N) is 1. The van der Waals surface area contributed by atoms with Crippen LogP contribution in [-0.2, 0) is 13.0 Å². The van der Waals surface area contributed by atoms with E-state index in [1.165, 1.54) is 11.5 Å². The van der Waals surface area contributed by atoms with Crippen molar-refractivity contribution in [1.82, 2.24) is 14.3 Å². The Balaban J connectivity index is 1.57. The highest BCUT2D eigenvalue weighted by atomic mass is 32.1. The van der Waals surface area contributed by atoms with E-state index >= 15 is 0 Å². The number of nitrogens with two attached hydrogens (primary N) is 1. The molecule has 0 atom stereocenters. The SMILES string of the molecule is NC(=O)c1cccc2c(-c3nc(NCc4ccccc4)c4c(n3)OCC4)snc12. The van der Waals surface area contributed by atoms with Crippen LogP contribution in [0.5, 0.6) is 5.88 Å². The van der Waals surface area contributed by atoms with Crippen LogP contribution in [0.25, 0.3) is 21.6 Å². The van der Waals surface area contributed by atoms with E-state index in [2.05, 4.69) is 26.8 Å². The molecule has 4 aromatic rings. The molecule has 3 heterocycles. The van der Waals surface area contributed by atoms with Gasteiger partial charge in [-0.25, -0.2) is 4.98 Å². The smallest absolute Gasteiger partial charge is 0.250 e. The van der Waals surface area contributed by atoms with E-state index < -0.39 is 5.91 Å². The number of primary amides is 1. The van der Waals surface area contributed by atoms with Gasteiger partial charge in [0.1, 0.15) is 10.7 Å². The van der Waals surface area contributed by atoms with E-state index in [4.69, 9.17) is 15.5 Å². The van der Waals surface area contributed by atoms with Crippen molar-refractivity contribution in [2.24, 2.45) is 5.73 Å². The first-order valence-corrected chi connectivity index (χ1v) is 9.98. The average molecular weight is 403 g/mol. The van der Waals surface area contributed by atoms with Crippen molar-refractivity contribution in [2.45, 2.75) is 13.0 Å². The van der Waals surface area contributed by atoms with E-state index in [-0.39, 0.29) is 0 Å². The van der Waals surface area contributed by atoms with Crippen molar-refractivity contribution in [3.8, 4) is 16.6 Å². The van der Waals surface area contributed by atoms with Crippen LogP contribution < -0.4 is 15.8 Å². The maximum atomic E-state index is 11.7. The van der Waals surface area contributed by atoms with Gasteiger partial charge in [0.25, 0.3) is 5.91 Å². The van der Waals surface area contributed by atoms with Crippen molar-refractivity contribution in [3.63, 3.8) is 0 Å². The Kier molecular flexibility index (Phi) is 4.33. The van der Waals surface area contributed by atoms with Gasteiger partial charge in [-0.3, -0.25) is 4.79 Å². The van der Waals surface area contributed by atoms with E-state index in [9.17, 15) is 4.79 Å². The first kappa shape index (κ1) is 17.6. The summed E-state index contributed by atoms with van der Waals surface area (Å²) in [5, 5.41) is 4.22. The molecule has 0 saturated carbocycles. The van der Waals surface area contributed by atoms with E-state index in [0.29, 0.717) is 35.9 Å². The fraction of sp³-hybridized carbons (Fsp3) is 0.143. The molecule has 0 bridgehead atoms. The number of carbonyl (C=O) groups excluding carboxylic acids is 1. The Morgan fingerprint density at radius 2 is 2.00 bits per heavy atom. The lowest BCUT2D eigenvalue weighted by atomic mass is 10.1. The number of fused-ring (bicyclic) bond motifs is 2. The Hall–Kier alpha value is -3.52. The summed E-state index contributed by atoms with van der Waals surface area (Å²) in [6, 6.07) is 15.5. The van der Waals surface area contributed by atoms with Gasteiger partial charge < -0.3 is 15.8 Å². The third-order valence-electron chi connectivity index (χ3n) is 4.84. The average Bonchev–Trinajstić information content (AvgIpc) is 3.39. The molecule has 1 aliphatic heterocycles. The quantitative estimate of drug-likeness (QED) is 0.529. The predicted molar refractivity (Wildman–Crippen MR) is 112 cm³/mol. The highest BCUT2D eigenvalue weighted by Crippen LogP contribution is 2.36. The second-order valence-corrected chi connectivity index (χ2v) is 7.47. The normalized spacial score (nSPS) is 12.6. The number of carbonyl (C=O) groups is 1. The van der Waals surface area contributed by atoms with E-state index in [0.717, 1.165) is 33.6 Å². The summed E-state index contributed by atoms with van der Waals surface area (Å²) in [4.78, 5) is 21.9. The fourth-order valence-electron chi connectivity index (χ4n) is 3.41. The molecular weight excluding hydrogens is 386 g/mol. The summed E-state index contributed by atoms with van der Waals surface area (Å²) in [6.45, 7) is 1.24. The summed E-state index contributed by atoms with van der Waals surface area (Å²) in [7, 11) is 0. The molecule has 0 unspecified atom stereocenters. The summed E-state index contributed by atoms with van der Waals surface area (Å²) in [5.41, 5.74) is 8.60. The first-order valence-electron chi connectivity index (χ1n) is 9.21. The van der Waals surface area contributed by atoms with Gasteiger partial charge >= 0.3 is 0 Å². The minimum Gasteiger partial charge on any atom is -0.477 e. The van der Waals surface area contributed by atoms with Crippen molar-refractivity contribution in [2.75, 3.05) is 11.9 Å². The lowest BCUT2D eigenvalue weighted by Gasteiger charge is -2.11. The number of nitrogens with zero attached hydrogens (tertiary/aromatic N) is 3. The predicted octanol–water partition coefficient (Wildman–Crippen LogP) is 3.40. The molecule has 0 aliphatic carbocycles. The van der Waals surface area contributed by atoms with Crippen LogP contribution in [0.15, 0.2) is 48.5 Å². The first-order chi connectivity index (χ1) is 14.2. The van der Waals surface area contributed by atoms with Gasteiger partial charge in [0, 0.05) is 18.4 Å². The third kappa shape index (κ3) is 3.17. The molecule has 2 aromatic heterocycles. The number of rotatable bonds is 5. The summed E-state index contributed by atoms with van der Waals surface area (Å²) in [6.07, 6.45) is 0.766. The highest BCUT2D eigenvalue weighted by molar-refractivity contribution is 7.11. The van der Waals surface area contributed by atoms with Crippen LogP contribution >= 0.6 is 11.5 Å². The monoisotopic (exact) mass is 403 g/mol. The van der Waals surface area contributed by atoms with Crippen molar-refractivity contribution >= 4 is 34.2 Å². The summed E-state index contributed by atoms with van der Waals surface area (Å²) < 4.78 is 10.2. The van der Waals surface area contributed by atoms with E-state index in [1.54, 1.807) is 12.1 Å². The largest absolute Gasteiger partial charge is 0.477 e. The van der Waals surface area contributed by atoms with Gasteiger partial charge in [0.05, 0.1) is 23.3 Å². The van der Waals surface area contributed by atoms with Crippen molar-refractivity contribution < 1.29 is 9.53 Å². The molecule has 0 radical (unpaired) electrons. The Bertz CT molecular complexity index is 1220. The van der Waals surface area contributed by atoms with Crippen molar-refractivity contribution in [1.29, 1.82) is 0 Å². The molecule has 1 amide bonds. The van der Waals surface area contributed by atoms with Gasteiger partial charge in [-0.2, -0.15) is 9.36 Å². The van der Waals surface area contributed by atoms with Gasteiger partial charge in [0.2, 0.25) is 5.88 Å². The molecule has 2 aromatic carbocycles. The second-order valence-electron chi connectivity index (χ2n) is 6.69. The van der Waals surface area contributed by atoms with Crippen LogP contribution in [0.1, 0.15) is 21.5 Å². The van der Waals surface area contributed by atoms with Crippen LogP contribution in [0.4, 0.5) is 5.82 Å². The minimum absolute atomic E-state index is 0.393. The second kappa shape index (κ2) is 7.14. The molecular formula is C21H17N5O2S. The van der Waals surface area contributed by atoms with Crippen LogP contribution in [-0.4, -0.2) is 26.9 Å². The molecule has 5 rings (SSSR count). The summed E-state index contributed by atoms with van der Waals surface area (Å²) >= 11 is 1.25. The number of hydrogen-bond acceptors (Lipinski definition) is 7. The molecule has 7 nitrogen and oxygen atoms in total. The zero-order chi connectivity index (χ0) is 19.8. The number of amides is 1. The van der Waals surface area contributed by atoms with E-state index in [1.807, 2.05) is 24.3 Å². The molecule has 3 N–H and O–H groups in total. The zero-order valence-electron chi connectivity index (χ0n) is 15.4. The third-order valence-corrected chi connectivity index (χ3v) is 5.70. The Morgan fingerprint density at radius 3 is 2.83 bits per heavy atom. The number of aromatic nitrogens is 3. The Morgan fingerprint density at radius 1 is 1.14 bits per heavy atom. The van der Waals surface area contributed by atoms with Gasteiger partial charge in [-0.05, 0) is 23.2 Å². The minimum atomic E-state index is -0.504. The maximum absolute atomic E-state index is 11.7. The molecule has 144 valence electrons. The van der Waals surface area contributed by atoms with Crippen molar-refractivity contribution in [3.05, 3.63) is 65.2 Å². The van der Waals surface area contributed by atoms with Crippen LogP contribution in [0.2, 0.25) is 0 Å². The topological polar surface area (TPSA) is 103 Å². The van der Waals surface area contributed by atoms with Gasteiger partial charge in [-0.1, -0.05) is 42.5 Å².